The van der Waals surface area contributed by atoms with Crippen LogP contribution in [0.5, 0.6) is 5.75 Å². The average molecular weight is 412 g/mol. The van der Waals surface area contributed by atoms with Gasteiger partial charge in [0.2, 0.25) is 10.0 Å². The van der Waals surface area contributed by atoms with Crippen molar-refractivity contribution in [3.05, 3.63) is 29.8 Å². The molecular formula is C19H33N5O3S. The molecule has 8 nitrogen and oxygen atoms in total. The van der Waals surface area contributed by atoms with Crippen molar-refractivity contribution in [3.63, 3.8) is 0 Å². The number of nitrogens with zero attached hydrogens (tertiary/aromatic N) is 2. The predicted molar refractivity (Wildman–Crippen MR) is 113 cm³/mol. The van der Waals surface area contributed by atoms with Gasteiger partial charge in [-0.25, -0.2) is 13.1 Å². The number of hydrogen-bond acceptors (Lipinski definition) is 5. The van der Waals surface area contributed by atoms with Gasteiger partial charge in [-0.3, -0.25) is 9.89 Å². The van der Waals surface area contributed by atoms with Crippen molar-refractivity contribution in [2.24, 2.45) is 4.99 Å². The minimum Gasteiger partial charge on any atom is -0.496 e. The zero-order valence-corrected chi connectivity index (χ0v) is 17.9. The fraction of sp³-hybridized carbons (Fsp3) is 0.632. The molecule has 1 aliphatic rings. The summed E-state index contributed by atoms with van der Waals surface area (Å²) in [6.45, 7) is 5.21. The van der Waals surface area contributed by atoms with Crippen LogP contribution < -0.4 is 20.1 Å². The van der Waals surface area contributed by atoms with E-state index in [4.69, 9.17) is 4.74 Å². The third-order valence-corrected chi connectivity index (χ3v) is 6.29. The molecule has 0 spiro atoms. The van der Waals surface area contributed by atoms with Crippen LogP contribution in [0.2, 0.25) is 0 Å². The predicted octanol–water partition coefficient (Wildman–Crippen LogP) is 0.936. The lowest BCUT2D eigenvalue weighted by atomic mass is 10.0. The molecule has 0 saturated carbocycles. The van der Waals surface area contributed by atoms with Crippen LogP contribution in [0, 0.1) is 0 Å². The number of rotatable bonds is 10. The number of aliphatic imine (C=N–C) groups is 1. The van der Waals surface area contributed by atoms with Crippen LogP contribution in [0.4, 0.5) is 0 Å². The number of hydrogen-bond donors (Lipinski definition) is 3. The summed E-state index contributed by atoms with van der Waals surface area (Å²) < 4.78 is 31.1. The molecule has 0 amide bonds. The number of sulfonamides is 1. The van der Waals surface area contributed by atoms with Gasteiger partial charge in [-0.2, -0.15) is 0 Å². The van der Waals surface area contributed by atoms with E-state index < -0.39 is 10.0 Å². The molecule has 3 N–H and O–H groups in total. The second-order valence-corrected chi connectivity index (χ2v) is 8.77. The minimum absolute atomic E-state index is 0.0798. The second kappa shape index (κ2) is 11.2. The first-order valence-electron chi connectivity index (χ1n) is 9.79. The molecule has 1 unspecified atom stereocenters. The van der Waals surface area contributed by atoms with Gasteiger partial charge in [0.15, 0.2) is 5.96 Å². The van der Waals surface area contributed by atoms with E-state index in [1.54, 1.807) is 21.1 Å². The molecule has 1 aromatic rings. The van der Waals surface area contributed by atoms with Crippen LogP contribution in [0.1, 0.15) is 31.4 Å². The van der Waals surface area contributed by atoms with Gasteiger partial charge in [-0.1, -0.05) is 18.2 Å². The van der Waals surface area contributed by atoms with E-state index in [0.717, 1.165) is 24.4 Å². The standard InChI is InChI=1S/C19H33N5O3S/c1-4-28(25,26)23-12-11-21-19(20-2)22-15-17(24-13-7-8-14-24)16-9-5-6-10-18(16)27-3/h5-6,9-10,17,23H,4,7-8,11-15H2,1-3H3,(H2,20,21,22). The highest BCUT2D eigenvalue weighted by atomic mass is 32.2. The molecule has 1 aliphatic heterocycles. The third kappa shape index (κ3) is 6.65. The second-order valence-electron chi connectivity index (χ2n) is 6.68. The summed E-state index contributed by atoms with van der Waals surface area (Å²) in [5, 5.41) is 6.53. The topological polar surface area (TPSA) is 95.1 Å². The zero-order chi connectivity index (χ0) is 20.4. The molecule has 158 valence electrons. The first-order valence-corrected chi connectivity index (χ1v) is 11.4. The van der Waals surface area contributed by atoms with E-state index in [9.17, 15) is 8.42 Å². The quantitative estimate of drug-likeness (QED) is 0.301. The smallest absolute Gasteiger partial charge is 0.211 e. The summed E-state index contributed by atoms with van der Waals surface area (Å²) in [7, 11) is 0.232. The number of para-hydroxylation sites is 1. The highest BCUT2D eigenvalue weighted by Gasteiger charge is 2.26. The SMILES string of the molecule is CCS(=O)(=O)NCCNC(=NC)NCC(c1ccccc1OC)N1CCCC1. The molecule has 2 rings (SSSR count). The number of ether oxygens (including phenoxy) is 1. The van der Waals surface area contributed by atoms with Crippen molar-refractivity contribution >= 4 is 16.0 Å². The minimum atomic E-state index is -3.18. The zero-order valence-electron chi connectivity index (χ0n) is 17.1. The number of nitrogens with one attached hydrogen (secondary N) is 3. The van der Waals surface area contributed by atoms with Crippen LogP contribution in [0.25, 0.3) is 0 Å². The van der Waals surface area contributed by atoms with Gasteiger partial charge < -0.3 is 15.4 Å². The lowest BCUT2D eigenvalue weighted by Gasteiger charge is -2.30. The van der Waals surface area contributed by atoms with E-state index in [-0.39, 0.29) is 11.8 Å². The summed E-state index contributed by atoms with van der Waals surface area (Å²) in [5.74, 6) is 1.61. The molecule has 28 heavy (non-hydrogen) atoms. The van der Waals surface area contributed by atoms with Crippen molar-refractivity contribution in [1.82, 2.24) is 20.3 Å². The number of benzene rings is 1. The Morgan fingerprint density at radius 1 is 1.21 bits per heavy atom. The Morgan fingerprint density at radius 3 is 2.57 bits per heavy atom. The summed E-state index contributed by atoms with van der Waals surface area (Å²) in [5.41, 5.74) is 1.16. The molecule has 1 fully saturated rings. The largest absolute Gasteiger partial charge is 0.496 e. The Hall–Kier alpha value is -1.84. The Labute approximate surface area is 168 Å². The number of likely N-dealkylation sites (tertiary alicyclic amines) is 1. The lowest BCUT2D eigenvalue weighted by Crippen LogP contribution is -2.45. The summed E-state index contributed by atoms with van der Waals surface area (Å²) >= 11 is 0. The Kier molecular flexibility index (Phi) is 9.01. The maximum absolute atomic E-state index is 11.5. The molecule has 1 aromatic carbocycles. The molecule has 0 bridgehead atoms. The summed E-state index contributed by atoms with van der Waals surface area (Å²) in [4.78, 5) is 6.71. The van der Waals surface area contributed by atoms with Gasteiger partial charge in [-0.15, -0.1) is 0 Å². The fourth-order valence-electron chi connectivity index (χ4n) is 3.33. The van der Waals surface area contributed by atoms with E-state index >= 15 is 0 Å². The van der Waals surface area contributed by atoms with Crippen LogP contribution in [0.15, 0.2) is 29.3 Å². The highest BCUT2D eigenvalue weighted by molar-refractivity contribution is 7.89. The Balaban J connectivity index is 1.96. The molecule has 0 aliphatic carbocycles. The van der Waals surface area contributed by atoms with Crippen molar-refractivity contribution in [3.8, 4) is 5.75 Å². The van der Waals surface area contributed by atoms with Gasteiger partial charge in [-0.05, 0) is 38.9 Å². The van der Waals surface area contributed by atoms with Crippen molar-refractivity contribution in [2.75, 3.05) is 52.6 Å². The molecule has 1 saturated heterocycles. The molecule has 1 atom stereocenters. The Morgan fingerprint density at radius 2 is 1.93 bits per heavy atom. The Bertz CT molecular complexity index is 733. The van der Waals surface area contributed by atoms with Gasteiger partial charge in [0.05, 0.1) is 18.9 Å². The lowest BCUT2D eigenvalue weighted by molar-refractivity contribution is 0.239. The average Bonchev–Trinajstić information content (AvgIpc) is 3.24. The molecule has 1 heterocycles. The third-order valence-electron chi connectivity index (χ3n) is 4.89. The van der Waals surface area contributed by atoms with Crippen molar-refractivity contribution in [2.45, 2.75) is 25.8 Å². The highest BCUT2D eigenvalue weighted by Crippen LogP contribution is 2.31. The van der Waals surface area contributed by atoms with E-state index in [1.807, 2.05) is 18.2 Å². The van der Waals surface area contributed by atoms with Crippen LogP contribution in [0.3, 0.4) is 0 Å². The van der Waals surface area contributed by atoms with E-state index in [1.165, 1.54) is 12.8 Å². The molecular weight excluding hydrogens is 378 g/mol. The normalized spacial score (nSPS) is 16.8. The number of guanidine groups is 1. The molecule has 0 radical (unpaired) electrons. The summed E-state index contributed by atoms with van der Waals surface area (Å²) in [6, 6.07) is 8.29. The van der Waals surface area contributed by atoms with Crippen LogP contribution in [-0.4, -0.2) is 71.9 Å². The van der Waals surface area contributed by atoms with Crippen LogP contribution >= 0.6 is 0 Å². The van der Waals surface area contributed by atoms with Crippen LogP contribution in [-0.2, 0) is 10.0 Å². The monoisotopic (exact) mass is 411 g/mol. The molecule has 9 heteroatoms. The first kappa shape index (κ1) is 22.4. The fourth-order valence-corrected chi connectivity index (χ4v) is 3.95. The van der Waals surface area contributed by atoms with Gasteiger partial charge in [0.1, 0.15) is 5.75 Å². The number of methoxy groups -OCH3 is 1. The first-order chi connectivity index (χ1) is 13.5. The molecule has 0 aromatic heterocycles. The van der Waals surface area contributed by atoms with Crippen molar-refractivity contribution < 1.29 is 13.2 Å². The van der Waals surface area contributed by atoms with Crippen molar-refractivity contribution in [1.29, 1.82) is 0 Å². The maximum Gasteiger partial charge on any atom is 0.211 e. The van der Waals surface area contributed by atoms with Gasteiger partial charge >= 0.3 is 0 Å². The van der Waals surface area contributed by atoms with E-state index in [2.05, 4.69) is 31.3 Å². The van der Waals surface area contributed by atoms with E-state index in [0.29, 0.717) is 25.6 Å². The van der Waals surface area contributed by atoms with Gasteiger partial charge in [0.25, 0.3) is 0 Å². The van der Waals surface area contributed by atoms with Gasteiger partial charge in [0, 0.05) is 32.2 Å². The summed E-state index contributed by atoms with van der Waals surface area (Å²) in [6.07, 6.45) is 2.41. The maximum atomic E-state index is 11.5.